The summed E-state index contributed by atoms with van der Waals surface area (Å²) in [6.45, 7) is 11.9. The molecule has 0 aromatic heterocycles. The Bertz CT molecular complexity index is 460. The molecule has 0 aliphatic carbocycles. The Labute approximate surface area is 111 Å². The Morgan fingerprint density at radius 1 is 1.22 bits per heavy atom. The maximum atomic E-state index is 5.83. The van der Waals surface area contributed by atoms with Gasteiger partial charge in [0.2, 0.25) is 5.90 Å². The standard InChI is InChI=1S/C15H22NOP/c1-15(2,3)13-10-17-14(16-13)11-8-6-7-9-12(11)18(4)5/h6-9,13H,10H2,1-5H3/t13-/m1/s1. The number of ether oxygens (including phenoxy) is 1. The number of hydrogen-bond donors (Lipinski definition) is 0. The van der Waals surface area contributed by atoms with E-state index in [1.807, 2.05) is 0 Å². The Kier molecular flexibility index (Phi) is 3.77. The Morgan fingerprint density at radius 2 is 1.89 bits per heavy atom. The zero-order valence-corrected chi connectivity index (χ0v) is 12.8. The lowest BCUT2D eigenvalue weighted by molar-refractivity contribution is 0.236. The maximum absolute atomic E-state index is 5.83. The van der Waals surface area contributed by atoms with Crippen molar-refractivity contribution in [2.24, 2.45) is 10.4 Å². The van der Waals surface area contributed by atoms with Crippen LogP contribution in [0.5, 0.6) is 0 Å². The van der Waals surface area contributed by atoms with Gasteiger partial charge in [0.25, 0.3) is 0 Å². The first-order chi connectivity index (χ1) is 8.39. The number of rotatable bonds is 2. The smallest absolute Gasteiger partial charge is 0.217 e. The van der Waals surface area contributed by atoms with Gasteiger partial charge in [0.15, 0.2) is 0 Å². The van der Waals surface area contributed by atoms with Crippen LogP contribution in [0.4, 0.5) is 0 Å². The third kappa shape index (κ3) is 2.75. The fraction of sp³-hybridized carbons (Fsp3) is 0.533. The van der Waals surface area contributed by atoms with Crippen molar-refractivity contribution in [3.05, 3.63) is 29.8 Å². The summed E-state index contributed by atoms with van der Waals surface area (Å²) in [5.74, 6) is 0.835. The van der Waals surface area contributed by atoms with Crippen molar-refractivity contribution in [2.45, 2.75) is 26.8 Å². The van der Waals surface area contributed by atoms with E-state index in [2.05, 4.69) is 58.4 Å². The summed E-state index contributed by atoms with van der Waals surface area (Å²) in [4.78, 5) is 4.78. The van der Waals surface area contributed by atoms with Crippen molar-refractivity contribution in [3.63, 3.8) is 0 Å². The highest BCUT2D eigenvalue weighted by molar-refractivity contribution is 7.64. The molecular formula is C15H22NOP. The van der Waals surface area contributed by atoms with Crippen LogP contribution < -0.4 is 5.30 Å². The van der Waals surface area contributed by atoms with E-state index < -0.39 is 0 Å². The summed E-state index contributed by atoms with van der Waals surface area (Å²) >= 11 is 0. The van der Waals surface area contributed by atoms with Crippen LogP contribution in [-0.2, 0) is 4.74 Å². The molecule has 0 radical (unpaired) electrons. The van der Waals surface area contributed by atoms with Crippen LogP contribution in [0.1, 0.15) is 26.3 Å². The van der Waals surface area contributed by atoms with Crippen molar-refractivity contribution in [2.75, 3.05) is 19.9 Å². The van der Waals surface area contributed by atoms with E-state index in [9.17, 15) is 0 Å². The summed E-state index contributed by atoms with van der Waals surface area (Å²) in [5.41, 5.74) is 1.35. The highest BCUT2D eigenvalue weighted by Gasteiger charge is 2.31. The van der Waals surface area contributed by atoms with E-state index in [4.69, 9.17) is 9.73 Å². The molecule has 1 atom stereocenters. The normalized spacial score (nSPS) is 19.9. The lowest BCUT2D eigenvalue weighted by Gasteiger charge is -2.21. The highest BCUT2D eigenvalue weighted by Crippen LogP contribution is 2.30. The molecule has 0 saturated heterocycles. The molecule has 1 aromatic carbocycles. The molecule has 1 aliphatic rings. The molecule has 2 nitrogen and oxygen atoms in total. The van der Waals surface area contributed by atoms with Gasteiger partial charge < -0.3 is 4.74 Å². The third-order valence-electron chi connectivity index (χ3n) is 3.27. The molecule has 0 N–H and O–H groups in total. The molecule has 98 valence electrons. The lowest BCUT2D eigenvalue weighted by atomic mass is 9.88. The number of benzene rings is 1. The molecule has 0 unspecified atom stereocenters. The molecule has 18 heavy (non-hydrogen) atoms. The molecule has 0 bridgehead atoms. The monoisotopic (exact) mass is 263 g/mol. The molecule has 3 heteroatoms. The van der Waals surface area contributed by atoms with Crippen molar-refractivity contribution >= 4 is 19.1 Å². The van der Waals surface area contributed by atoms with Gasteiger partial charge in [-0.05, 0) is 30.1 Å². The first-order valence-electron chi connectivity index (χ1n) is 6.37. The van der Waals surface area contributed by atoms with Crippen LogP contribution in [0.2, 0.25) is 0 Å². The van der Waals surface area contributed by atoms with Crippen LogP contribution in [-0.4, -0.2) is 31.9 Å². The molecular weight excluding hydrogens is 241 g/mol. The summed E-state index contributed by atoms with van der Waals surface area (Å²) in [7, 11) is -0.136. The average Bonchev–Trinajstić information content (AvgIpc) is 2.77. The first kappa shape index (κ1) is 13.5. The van der Waals surface area contributed by atoms with Crippen molar-refractivity contribution in [1.29, 1.82) is 0 Å². The highest BCUT2D eigenvalue weighted by atomic mass is 31.1. The molecule has 0 saturated carbocycles. The second-order valence-electron chi connectivity index (χ2n) is 6.04. The average molecular weight is 263 g/mol. The summed E-state index contributed by atoms with van der Waals surface area (Å²) in [5, 5.41) is 1.38. The number of nitrogens with zero attached hydrogens (tertiary/aromatic N) is 1. The Hall–Kier alpha value is -0.880. The molecule has 2 rings (SSSR count). The summed E-state index contributed by atoms with van der Waals surface area (Å²) in [6.07, 6.45) is 0. The van der Waals surface area contributed by atoms with Gasteiger partial charge >= 0.3 is 0 Å². The van der Waals surface area contributed by atoms with Crippen LogP contribution in [0.15, 0.2) is 29.3 Å². The molecule has 1 aromatic rings. The van der Waals surface area contributed by atoms with Gasteiger partial charge in [0.05, 0.1) is 6.04 Å². The van der Waals surface area contributed by atoms with E-state index in [0.29, 0.717) is 6.61 Å². The van der Waals surface area contributed by atoms with Crippen LogP contribution in [0.3, 0.4) is 0 Å². The minimum Gasteiger partial charge on any atom is -0.475 e. The molecule has 0 fully saturated rings. The van der Waals surface area contributed by atoms with Gasteiger partial charge in [0.1, 0.15) is 6.61 Å². The van der Waals surface area contributed by atoms with Crippen molar-refractivity contribution in [1.82, 2.24) is 0 Å². The largest absolute Gasteiger partial charge is 0.475 e. The summed E-state index contributed by atoms with van der Waals surface area (Å²) in [6, 6.07) is 8.74. The SMILES string of the molecule is CP(C)c1ccccc1C1=N[C@@H](C(C)(C)C)CO1. The number of hydrogen-bond acceptors (Lipinski definition) is 2. The second kappa shape index (κ2) is 5.01. The molecule has 1 heterocycles. The van der Waals surface area contributed by atoms with Gasteiger partial charge in [-0.15, -0.1) is 0 Å². The van der Waals surface area contributed by atoms with Gasteiger partial charge in [0, 0.05) is 5.56 Å². The van der Waals surface area contributed by atoms with E-state index in [0.717, 1.165) is 5.90 Å². The predicted octanol–water partition coefficient (Wildman–Crippen LogP) is 3.24. The zero-order valence-electron chi connectivity index (χ0n) is 11.9. The fourth-order valence-electron chi connectivity index (χ4n) is 2.01. The lowest BCUT2D eigenvalue weighted by Crippen LogP contribution is -2.25. The minimum atomic E-state index is -0.136. The van der Waals surface area contributed by atoms with E-state index >= 15 is 0 Å². The Balaban J connectivity index is 2.34. The predicted molar refractivity (Wildman–Crippen MR) is 80.6 cm³/mol. The summed E-state index contributed by atoms with van der Waals surface area (Å²) < 4.78 is 5.83. The van der Waals surface area contributed by atoms with Crippen molar-refractivity contribution < 1.29 is 4.74 Å². The van der Waals surface area contributed by atoms with Crippen LogP contribution in [0, 0.1) is 5.41 Å². The maximum Gasteiger partial charge on any atom is 0.217 e. The van der Waals surface area contributed by atoms with Crippen LogP contribution in [0.25, 0.3) is 0 Å². The fourth-order valence-corrected chi connectivity index (χ4v) is 3.05. The van der Waals surface area contributed by atoms with E-state index in [1.54, 1.807) is 0 Å². The molecule has 0 spiro atoms. The van der Waals surface area contributed by atoms with Gasteiger partial charge in [-0.2, -0.15) is 0 Å². The Morgan fingerprint density at radius 3 is 2.44 bits per heavy atom. The van der Waals surface area contributed by atoms with E-state index in [-0.39, 0.29) is 19.4 Å². The van der Waals surface area contributed by atoms with Crippen LogP contribution >= 0.6 is 7.92 Å². The number of aliphatic imine (C=N–C) groups is 1. The van der Waals surface area contributed by atoms with Crippen molar-refractivity contribution in [3.8, 4) is 0 Å². The zero-order chi connectivity index (χ0) is 13.3. The van der Waals surface area contributed by atoms with Gasteiger partial charge in [-0.3, -0.25) is 0 Å². The van der Waals surface area contributed by atoms with E-state index in [1.165, 1.54) is 10.9 Å². The van der Waals surface area contributed by atoms with Gasteiger partial charge in [-0.25, -0.2) is 4.99 Å². The first-order valence-corrected chi connectivity index (χ1v) is 8.60. The topological polar surface area (TPSA) is 21.6 Å². The van der Waals surface area contributed by atoms with Gasteiger partial charge in [-0.1, -0.05) is 46.9 Å². The molecule has 1 aliphatic heterocycles. The third-order valence-corrected chi connectivity index (χ3v) is 4.62. The quantitative estimate of drug-likeness (QED) is 0.751. The minimum absolute atomic E-state index is 0.136. The molecule has 0 amide bonds. The second-order valence-corrected chi connectivity index (χ2v) is 8.31.